The highest BCUT2D eigenvalue weighted by molar-refractivity contribution is 6.05. The van der Waals surface area contributed by atoms with Gasteiger partial charge in [-0.25, -0.2) is 4.98 Å². The molecule has 1 aliphatic heterocycles. The number of hydrogen-bond acceptors (Lipinski definition) is 6. The quantitative estimate of drug-likeness (QED) is 0.479. The fourth-order valence-corrected chi connectivity index (χ4v) is 3.68. The molecule has 4 aromatic rings. The number of pyridine rings is 1. The average molecular weight is 429 g/mol. The molecule has 0 aliphatic carbocycles. The minimum Gasteiger partial charge on any atom is -0.493 e. The number of hydrogen-bond donors (Lipinski definition) is 2. The van der Waals surface area contributed by atoms with Crippen molar-refractivity contribution in [2.75, 3.05) is 25.1 Å². The van der Waals surface area contributed by atoms with Crippen LogP contribution < -0.4 is 10.1 Å². The molecule has 1 saturated heterocycles. The fourth-order valence-electron chi connectivity index (χ4n) is 3.68. The van der Waals surface area contributed by atoms with Gasteiger partial charge in [0.2, 0.25) is 5.65 Å². The number of anilines is 1. The summed E-state index contributed by atoms with van der Waals surface area (Å²) < 4.78 is 11.3. The predicted molar refractivity (Wildman–Crippen MR) is 121 cm³/mol. The van der Waals surface area contributed by atoms with E-state index in [1.54, 1.807) is 6.07 Å². The first-order chi connectivity index (χ1) is 15.7. The van der Waals surface area contributed by atoms with Crippen LogP contribution >= 0.6 is 0 Å². The summed E-state index contributed by atoms with van der Waals surface area (Å²) >= 11 is 0. The SMILES string of the molecule is O=C(Nc1ccc(OCC2CCOCC2)cc1)c1cccc(-c2ccc3n[nH]nc3n2)c1. The monoisotopic (exact) mass is 429 g/mol. The van der Waals surface area contributed by atoms with Crippen LogP contribution in [0.5, 0.6) is 5.75 Å². The minimum absolute atomic E-state index is 0.190. The Morgan fingerprint density at radius 3 is 2.75 bits per heavy atom. The number of aromatic nitrogens is 4. The second-order valence-electron chi connectivity index (χ2n) is 7.79. The van der Waals surface area contributed by atoms with E-state index < -0.39 is 0 Å². The van der Waals surface area contributed by atoms with Gasteiger partial charge in [0, 0.05) is 30.0 Å². The maximum Gasteiger partial charge on any atom is 0.255 e. The Morgan fingerprint density at radius 1 is 1.06 bits per heavy atom. The molecule has 32 heavy (non-hydrogen) atoms. The number of H-pyrrole nitrogens is 1. The van der Waals surface area contributed by atoms with Crippen LogP contribution in [0.1, 0.15) is 23.2 Å². The lowest BCUT2D eigenvalue weighted by Crippen LogP contribution is -2.21. The molecule has 0 atom stereocenters. The van der Waals surface area contributed by atoms with E-state index >= 15 is 0 Å². The van der Waals surface area contributed by atoms with Crippen LogP contribution in [0.25, 0.3) is 22.4 Å². The van der Waals surface area contributed by atoms with Gasteiger partial charge in [-0.1, -0.05) is 12.1 Å². The maximum absolute atomic E-state index is 12.8. The van der Waals surface area contributed by atoms with E-state index in [2.05, 4.69) is 25.7 Å². The molecule has 0 unspecified atom stereocenters. The van der Waals surface area contributed by atoms with Crippen LogP contribution in [0.4, 0.5) is 5.69 Å². The normalized spacial score (nSPS) is 14.4. The summed E-state index contributed by atoms with van der Waals surface area (Å²) in [7, 11) is 0. The molecule has 5 rings (SSSR count). The molecular formula is C24H23N5O3. The molecule has 1 fully saturated rings. The van der Waals surface area contributed by atoms with Gasteiger partial charge in [0.25, 0.3) is 5.91 Å². The third-order valence-electron chi connectivity index (χ3n) is 5.54. The lowest BCUT2D eigenvalue weighted by molar-refractivity contribution is 0.0497. The van der Waals surface area contributed by atoms with Crippen LogP contribution in [0.3, 0.4) is 0 Å². The summed E-state index contributed by atoms with van der Waals surface area (Å²) in [5.41, 5.74) is 4.05. The third-order valence-corrected chi connectivity index (χ3v) is 5.54. The van der Waals surface area contributed by atoms with Crippen molar-refractivity contribution in [2.24, 2.45) is 5.92 Å². The molecule has 0 spiro atoms. The van der Waals surface area contributed by atoms with Crippen molar-refractivity contribution >= 4 is 22.8 Å². The summed E-state index contributed by atoms with van der Waals surface area (Å²) in [4.78, 5) is 17.3. The van der Waals surface area contributed by atoms with Crippen LogP contribution in [0, 0.1) is 5.92 Å². The first-order valence-corrected chi connectivity index (χ1v) is 10.6. The molecule has 8 nitrogen and oxygen atoms in total. The van der Waals surface area contributed by atoms with Crippen molar-refractivity contribution in [1.29, 1.82) is 0 Å². The fraction of sp³-hybridized carbons (Fsp3) is 0.250. The minimum atomic E-state index is -0.190. The van der Waals surface area contributed by atoms with Crippen LogP contribution in [-0.2, 0) is 4.74 Å². The molecular weight excluding hydrogens is 406 g/mol. The molecule has 2 aromatic heterocycles. The lowest BCUT2D eigenvalue weighted by atomic mass is 10.0. The second kappa shape index (κ2) is 9.15. The second-order valence-corrected chi connectivity index (χ2v) is 7.79. The number of ether oxygens (including phenoxy) is 2. The zero-order valence-corrected chi connectivity index (χ0v) is 17.5. The Morgan fingerprint density at radius 2 is 1.91 bits per heavy atom. The number of nitrogens with one attached hydrogen (secondary N) is 2. The Hall–Kier alpha value is -3.78. The maximum atomic E-state index is 12.8. The van der Waals surface area contributed by atoms with Crippen molar-refractivity contribution in [3.8, 4) is 17.0 Å². The molecule has 2 N–H and O–H groups in total. The molecule has 1 aliphatic rings. The standard InChI is InChI=1S/C24H23N5O3/c30-24(25-19-4-6-20(7-5-19)32-15-16-10-12-31-13-11-16)18-3-1-2-17(14-18)21-8-9-22-23(26-21)28-29-27-22/h1-9,14,16H,10-13,15H2,(H,25,30)(H,26,27,28,29). The summed E-state index contributed by atoms with van der Waals surface area (Å²) in [6, 6.07) is 18.5. The lowest BCUT2D eigenvalue weighted by Gasteiger charge is -2.22. The number of benzene rings is 2. The zero-order valence-electron chi connectivity index (χ0n) is 17.5. The smallest absolute Gasteiger partial charge is 0.255 e. The van der Waals surface area contributed by atoms with E-state index in [1.807, 2.05) is 54.6 Å². The molecule has 0 radical (unpaired) electrons. The Kier molecular flexibility index (Phi) is 5.76. The van der Waals surface area contributed by atoms with E-state index in [1.165, 1.54) is 0 Å². The summed E-state index contributed by atoms with van der Waals surface area (Å²) in [5.74, 6) is 1.14. The summed E-state index contributed by atoms with van der Waals surface area (Å²) in [6.45, 7) is 2.31. The van der Waals surface area contributed by atoms with Crippen molar-refractivity contribution in [3.05, 3.63) is 66.2 Å². The first-order valence-electron chi connectivity index (χ1n) is 10.6. The number of aromatic amines is 1. The van der Waals surface area contributed by atoms with Crippen molar-refractivity contribution < 1.29 is 14.3 Å². The molecule has 3 heterocycles. The molecule has 8 heteroatoms. The zero-order chi connectivity index (χ0) is 21.8. The van der Waals surface area contributed by atoms with Crippen molar-refractivity contribution in [3.63, 3.8) is 0 Å². The highest BCUT2D eigenvalue weighted by atomic mass is 16.5. The van der Waals surface area contributed by atoms with Crippen LogP contribution in [0.15, 0.2) is 60.7 Å². The van der Waals surface area contributed by atoms with Crippen molar-refractivity contribution in [2.45, 2.75) is 12.8 Å². The van der Waals surface area contributed by atoms with Gasteiger partial charge in [0.1, 0.15) is 11.3 Å². The van der Waals surface area contributed by atoms with Gasteiger partial charge in [-0.05, 0) is 67.3 Å². The summed E-state index contributed by atoms with van der Waals surface area (Å²) in [6.07, 6.45) is 2.07. The van der Waals surface area contributed by atoms with E-state index in [9.17, 15) is 4.79 Å². The number of carbonyl (C=O) groups excluding carboxylic acids is 1. The van der Waals surface area contributed by atoms with Gasteiger partial charge in [-0.3, -0.25) is 4.79 Å². The van der Waals surface area contributed by atoms with Gasteiger partial charge in [0.05, 0.1) is 12.3 Å². The number of fused-ring (bicyclic) bond motifs is 1. The van der Waals surface area contributed by atoms with Gasteiger partial charge >= 0.3 is 0 Å². The highest BCUT2D eigenvalue weighted by Crippen LogP contribution is 2.22. The van der Waals surface area contributed by atoms with Crippen LogP contribution in [0.2, 0.25) is 0 Å². The molecule has 1 amide bonds. The number of nitrogens with zero attached hydrogens (tertiary/aromatic N) is 3. The molecule has 0 bridgehead atoms. The van der Waals surface area contributed by atoms with Gasteiger partial charge in [-0.15, -0.1) is 5.10 Å². The topological polar surface area (TPSA) is 102 Å². The highest BCUT2D eigenvalue weighted by Gasteiger charge is 2.14. The van der Waals surface area contributed by atoms with Crippen LogP contribution in [-0.4, -0.2) is 46.1 Å². The Bertz CT molecular complexity index is 1220. The van der Waals surface area contributed by atoms with Gasteiger partial charge in [-0.2, -0.15) is 10.3 Å². The Balaban J connectivity index is 1.23. The largest absolute Gasteiger partial charge is 0.493 e. The average Bonchev–Trinajstić information content (AvgIpc) is 3.32. The van der Waals surface area contributed by atoms with E-state index in [4.69, 9.17) is 9.47 Å². The van der Waals surface area contributed by atoms with E-state index in [0.717, 1.165) is 43.1 Å². The number of rotatable bonds is 6. The molecule has 2 aromatic carbocycles. The summed E-state index contributed by atoms with van der Waals surface area (Å²) in [5, 5.41) is 13.5. The molecule has 0 saturated carbocycles. The van der Waals surface area contributed by atoms with E-state index in [-0.39, 0.29) is 5.91 Å². The number of carbonyl (C=O) groups is 1. The predicted octanol–water partition coefficient (Wildman–Crippen LogP) is 4.08. The van der Waals surface area contributed by atoms with E-state index in [0.29, 0.717) is 34.9 Å². The van der Waals surface area contributed by atoms with Gasteiger partial charge < -0.3 is 14.8 Å². The Labute approximate surface area is 185 Å². The number of amides is 1. The first kappa shape index (κ1) is 20.1. The van der Waals surface area contributed by atoms with Gasteiger partial charge in [0.15, 0.2) is 0 Å². The third kappa shape index (κ3) is 4.60. The van der Waals surface area contributed by atoms with Crippen molar-refractivity contribution in [1.82, 2.24) is 20.4 Å². The molecule has 162 valence electrons.